The molecule has 0 aliphatic carbocycles. The summed E-state index contributed by atoms with van der Waals surface area (Å²) in [7, 11) is 1.65. The van der Waals surface area contributed by atoms with Gasteiger partial charge in [-0.3, -0.25) is 9.78 Å². The third-order valence-electron chi connectivity index (χ3n) is 6.08. The minimum Gasteiger partial charge on any atom is -0.497 e. The van der Waals surface area contributed by atoms with Gasteiger partial charge in [0.05, 0.1) is 12.6 Å². The quantitative estimate of drug-likeness (QED) is 0.493. The average Bonchev–Trinajstić information content (AvgIpc) is 3.24. The third-order valence-corrected chi connectivity index (χ3v) is 7.04. The molecule has 1 saturated heterocycles. The van der Waals surface area contributed by atoms with Crippen LogP contribution in [0.1, 0.15) is 12.5 Å². The Balaban J connectivity index is 1.45. The number of anilines is 2. The average molecular weight is 447 g/mol. The van der Waals surface area contributed by atoms with Crippen molar-refractivity contribution in [3.8, 4) is 16.9 Å². The summed E-state index contributed by atoms with van der Waals surface area (Å²) >= 11 is 1.44. The lowest BCUT2D eigenvalue weighted by Crippen LogP contribution is -2.52. The van der Waals surface area contributed by atoms with Gasteiger partial charge in [0.15, 0.2) is 0 Å². The number of benzene rings is 2. The normalized spacial score (nSPS) is 16.5. The number of hydrogen-bond donors (Lipinski definition) is 1. The van der Waals surface area contributed by atoms with Crippen LogP contribution in [0.4, 0.5) is 11.6 Å². The topological polar surface area (TPSA) is 61.5 Å². The van der Waals surface area contributed by atoms with Gasteiger partial charge in [-0.05, 0) is 49.2 Å². The first-order valence-electron chi connectivity index (χ1n) is 10.8. The molecule has 0 unspecified atom stereocenters. The number of H-pyrrole nitrogens is 1. The van der Waals surface area contributed by atoms with Gasteiger partial charge in [-0.2, -0.15) is 0 Å². The van der Waals surface area contributed by atoms with Crippen molar-refractivity contribution in [1.29, 1.82) is 0 Å². The number of nitrogens with one attached hydrogen (secondary N) is 1. The van der Waals surface area contributed by atoms with Crippen LogP contribution < -0.4 is 20.1 Å². The van der Waals surface area contributed by atoms with Crippen LogP contribution in [0.25, 0.3) is 21.3 Å². The minimum absolute atomic E-state index is 0.0801. The molecule has 2 aromatic carbocycles. The van der Waals surface area contributed by atoms with E-state index in [1.807, 2.05) is 29.6 Å². The van der Waals surface area contributed by atoms with Gasteiger partial charge in [0.2, 0.25) is 5.95 Å². The van der Waals surface area contributed by atoms with E-state index in [0.717, 1.165) is 42.0 Å². The Morgan fingerprint density at radius 3 is 2.69 bits per heavy atom. The number of rotatable bonds is 4. The molecule has 5 rings (SSSR count). The standard InChI is InChI=1S/C25H26N4O2S/c1-16-5-4-6-19(13-16)29-12-11-28(14-17(29)2)25-26-22-21(15-32-23(22)24(30)27-25)18-7-9-20(31-3)10-8-18/h4-10,13,15,17H,11-12,14H2,1-3H3,(H,26,27,30)/t17-/m0/s1. The molecule has 164 valence electrons. The van der Waals surface area contributed by atoms with Crippen LogP contribution >= 0.6 is 11.3 Å². The number of ether oxygens (including phenoxy) is 1. The summed E-state index contributed by atoms with van der Waals surface area (Å²) in [5.74, 6) is 1.45. The van der Waals surface area contributed by atoms with Crippen molar-refractivity contribution >= 4 is 33.2 Å². The number of fused-ring (bicyclic) bond motifs is 1. The van der Waals surface area contributed by atoms with Crippen LogP contribution in [-0.4, -0.2) is 42.8 Å². The summed E-state index contributed by atoms with van der Waals surface area (Å²) in [5, 5.41) is 2.01. The fraction of sp³-hybridized carbons (Fsp3) is 0.280. The predicted octanol–water partition coefficient (Wildman–Crippen LogP) is 4.68. The molecule has 6 nitrogen and oxygen atoms in total. The van der Waals surface area contributed by atoms with E-state index < -0.39 is 0 Å². The highest BCUT2D eigenvalue weighted by Crippen LogP contribution is 2.33. The van der Waals surface area contributed by atoms with E-state index in [1.54, 1.807) is 7.11 Å². The predicted molar refractivity (Wildman–Crippen MR) is 132 cm³/mol. The van der Waals surface area contributed by atoms with Crippen LogP contribution in [-0.2, 0) is 0 Å². The Hall–Kier alpha value is -3.32. The molecule has 1 atom stereocenters. The number of aryl methyl sites for hydroxylation is 1. The lowest BCUT2D eigenvalue weighted by atomic mass is 10.1. The van der Waals surface area contributed by atoms with Gasteiger partial charge in [-0.15, -0.1) is 11.3 Å². The zero-order chi connectivity index (χ0) is 22.2. The van der Waals surface area contributed by atoms with Crippen LogP contribution in [0, 0.1) is 6.92 Å². The number of methoxy groups -OCH3 is 1. The zero-order valence-corrected chi connectivity index (χ0v) is 19.3. The second-order valence-electron chi connectivity index (χ2n) is 8.27. The van der Waals surface area contributed by atoms with Crippen molar-refractivity contribution in [3.63, 3.8) is 0 Å². The Labute approximate surface area is 191 Å². The zero-order valence-electron chi connectivity index (χ0n) is 18.5. The van der Waals surface area contributed by atoms with Gasteiger partial charge in [0.25, 0.3) is 5.56 Å². The molecule has 0 spiro atoms. The molecule has 1 aliphatic heterocycles. The number of aromatic amines is 1. The fourth-order valence-electron chi connectivity index (χ4n) is 4.38. The van der Waals surface area contributed by atoms with Crippen LogP contribution in [0.15, 0.2) is 58.7 Å². The Morgan fingerprint density at radius 2 is 1.97 bits per heavy atom. The smallest absolute Gasteiger partial charge is 0.270 e. The Bertz CT molecular complexity index is 1310. The third kappa shape index (κ3) is 3.73. The molecule has 32 heavy (non-hydrogen) atoms. The van der Waals surface area contributed by atoms with Gasteiger partial charge < -0.3 is 14.5 Å². The van der Waals surface area contributed by atoms with Crippen molar-refractivity contribution in [2.24, 2.45) is 0 Å². The summed E-state index contributed by atoms with van der Waals surface area (Å²) in [4.78, 5) is 25.4. The SMILES string of the molecule is COc1ccc(-c2csc3c(=O)[nH]c(N4CCN(c5cccc(C)c5)[C@@H](C)C4)nc23)cc1. The summed E-state index contributed by atoms with van der Waals surface area (Å²) in [6.45, 7) is 6.81. The monoisotopic (exact) mass is 446 g/mol. The second-order valence-corrected chi connectivity index (χ2v) is 9.15. The first-order chi connectivity index (χ1) is 15.5. The molecule has 1 N–H and O–H groups in total. The molecule has 0 radical (unpaired) electrons. The van der Waals surface area contributed by atoms with Crippen LogP contribution in [0.5, 0.6) is 5.75 Å². The summed E-state index contributed by atoms with van der Waals surface area (Å²) in [5.41, 5.74) is 5.19. The number of hydrogen-bond acceptors (Lipinski definition) is 6. The van der Waals surface area contributed by atoms with Crippen molar-refractivity contribution in [2.45, 2.75) is 19.9 Å². The van der Waals surface area contributed by atoms with E-state index in [2.05, 4.69) is 52.9 Å². The van der Waals surface area contributed by atoms with Gasteiger partial charge >= 0.3 is 0 Å². The van der Waals surface area contributed by atoms with E-state index in [1.165, 1.54) is 22.6 Å². The molecule has 0 bridgehead atoms. The molecule has 1 aliphatic rings. The summed E-state index contributed by atoms with van der Waals surface area (Å²) < 4.78 is 5.93. The van der Waals surface area contributed by atoms with E-state index in [4.69, 9.17) is 9.72 Å². The lowest BCUT2D eigenvalue weighted by molar-refractivity contribution is 0.415. The highest BCUT2D eigenvalue weighted by Gasteiger charge is 2.26. The maximum absolute atomic E-state index is 12.8. The van der Waals surface area contributed by atoms with Gasteiger partial charge in [0.1, 0.15) is 10.4 Å². The van der Waals surface area contributed by atoms with E-state index in [0.29, 0.717) is 16.7 Å². The molecule has 7 heteroatoms. The van der Waals surface area contributed by atoms with E-state index >= 15 is 0 Å². The highest BCUT2D eigenvalue weighted by atomic mass is 32.1. The van der Waals surface area contributed by atoms with Gasteiger partial charge in [0, 0.05) is 42.3 Å². The molecule has 3 heterocycles. The molecular weight excluding hydrogens is 420 g/mol. The van der Waals surface area contributed by atoms with Crippen LogP contribution in [0.3, 0.4) is 0 Å². The van der Waals surface area contributed by atoms with Crippen molar-refractivity contribution < 1.29 is 4.74 Å². The summed E-state index contributed by atoms with van der Waals surface area (Å²) in [6, 6.07) is 16.8. The largest absolute Gasteiger partial charge is 0.497 e. The molecular formula is C25H26N4O2S. The molecule has 1 fully saturated rings. The van der Waals surface area contributed by atoms with Crippen molar-refractivity contribution in [3.05, 3.63) is 69.8 Å². The number of nitrogens with zero attached hydrogens (tertiary/aromatic N) is 3. The first kappa shape index (κ1) is 20.6. The number of thiophene rings is 1. The first-order valence-corrected chi connectivity index (χ1v) is 11.7. The van der Waals surface area contributed by atoms with Gasteiger partial charge in [-0.25, -0.2) is 4.98 Å². The molecule has 4 aromatic rings. The second kappa shape index (κ2) is 8.31. The summed E-state index contributed by atoms with van der Waals surface area (Å²) in [6.07, 6.45) is 0. The number of piperazine rings is 1. The Kier molecular flexibility index (Phi) is 5.35. The maximum atomic E-state index is 12.8. The maximum Gasteiger partial charge on any atom is 0.270 e. The number of aromatic nitrogens is 2. The molecule has 0 saturated carbocycles. The van der Waals surface area contributed by atoms with Crippen molar-refractivity contribution in [1.82, 2.24) is 9.97 Å². The highest BCUT2D eigenvalue weighted by molar-refractivity contribution is 7.17. The van der Waals surface area contributed by atoms with Gasteiger partial charge in [-0.1, -0.05) is 24.3 Å². The fourth-order valence-corrected chi connectivity index (χ4v) is 5.29. The van der Waals surface area contributed by atoms with E-state index in [9.17, 15) is 4.79 Å². The van der Waals surface area contributed by atoms with Crippen molar-refractivity contribution in [2.75, 3.05) is 36.5 Å². The molecule has 0 amide bonds. The van der Waals surface area contributed by atoms with E-state index in [-0.39, 0.29) is 5.56 Å². The lowest BCUT2D eigenvalue weighted by Gasteiger charge is -2.41. The molecule has 2 aromatic heterocycles. The Morgan fingerprint density at radius 1 is 1.16 bits per heavy atom. The minimum atomic E-state index is -0.0801. The van der Waals surface area contributed by atoms with Crippen LogP contribution in [0.2, 0.25) is 0 Å².